The maximum Gasteiger partial charge on any atom is 0.223 e. The first-order chi connectivity index (χ1) is 11.7. The molecule has 0 spiro atoms. The maximum atomic E-state index is 11.8. The molecular formula is C19H25N3O2. The van der Waals surface area contributed by atoms with Gasteiger partial charge in [-0.05, 0) is 38.3 Å². The molecule has 0 saturated heterocycles. The van der Waals surface area contributed by atoms with Crippen molar-refractivity contribution in [1.82, 2.24) is 10.3 Å². The number of aromatic nitrogens is 1. The molecule has 0 atom stereocenters. The molecule has 2 aromatic rings. The van der Waals surface area contributed by atoms with Crippen LogP contribution in [0.5, 0.6) is 5.75 Å². The Morgan fingerprint density at radius 1 is 1.33 bits per heavy atom. The Morgan fingerprint density at radius 3 is 2.88 bits per heavy atom. The van der Waals surface area contributed by atoms with Crippen molar-refractivity contribution >= 4 is 22.5 Å². The molecule has 5 heteroatoms. The summed E-state index contributed by atoms with van der Waals surface area (Å²) in [7, 11) is 1.66. The summed E-state index contributed by atoms with van der Waals surface area (Å²) in [6.45, 7) is 3.50. The predicted octanol–water partition coefficient (Wildman–Crippen LogP) is 3.27. The van der Waals surface area contributed by atoms with Crippen molar-refractivity contribution in [1.29, 1.82) is 0 Å². The fourth-order valence-electron chi connectivity index (χ4n) is 3.00. The average molecular weight is 327 g/mol. The van der Waals surface area contributed by atoms with Crippen LogP contribution in [0.1, 0.15) is 31.4 Å². The number of methoxy groups -OCH3 is 1. The number of hydrogen-bond acceptors (Lipinski definition) is 4. The molecule has 1 aliphatic rings. The third-order valence-electron chi connectivity index (χ3n) is 4.59. The van der Waals surface area contributed by atoms with E-state index in [1.807, 2.05) is 25.1 Å². The molecule has 0 unspecified atom stereocenters. The van der Waals surface area contributed by atoms with Crippen LogP contribution in [0.2, 0.25) is 0 Å². The van der Waals surface area contributed by atoms with Gasteiger partial charge in [-0.25, -0.2) is 4.98 Å². The van der Waals surface area contributed by atoms with Gasteiger partial charge in [0.25, 0.3) is 0 Å². The number of anilines is 1. The first kappa shape index (κ1) is 16.6. The predicted molar refractivity (Wildman–Crippen MR) is 96.5 cm³/mol. The van der Waals surface area contributed by atoms with Crippen molar-refractivity contribution in [3.05, 3.63) is 30.0 Å². The number of carbonyl (C=O) groups is 1. The summed E-state index contributed by atoms with van der Waals surface area (Å²) in [5, 5.41) is 7.54. The quantitative estimate of drug-likeness (QED) is 0.766. The Hall–Kier alpha value is -2.30. The number of rotatable bonds is 7. The number of nitrogens with zero attached hydrogens (tertiary/aromatic N) is 1. The second-order valence-corrected chi connectivity index (χ2v) is 6.37. The molecule has 128 valence electrons. The molecule has 3 rings (SSSR count). The van der Waals surface area contributed by atoms with Crippen molar-refractivity contribution in [2.45, 2.75) is 32.6 Å². The van der Waals surface area contributed by atoms with Crippen molar-refractivity contribution < 1.29 is 9.53 Å². The third-order valence-corrected chi connectivity index (χ3v) is 4.59. The van der Waals surface area contributed by atoms with Crippen LogP contribution in [-0.4, -0.2) is 31.1 Å². The van der Waals surface area contributed by atoms with Gasteiger partial charge in [0.15, 0.2) is 0 Å². The Bertz CT molecular complexity index is 726. The van der Waals surface area contributed by atoms with Crippen LogP contribution in [0.15, 0.2) is 24.3 Å². The monoisotopic (exact) mass is 327 g/mol. The second kappa shape index (κ2) is 7.51. The van der Waals surface area contributed by atoms with Gasteiger partial charge < -0.3 is 15.4 Å². The smallest absolute Gasteiger partial charge is 0.223 e. The first-order valence-corrected chi connectivity index (χ1v) is 8.65. The van der Waals surface area contributed by atoms with Crippen molar-refractivity contribution in [2.75, 3.05) is 25.5 Å². The standard InChI is InChI=1S/C19H25N3O2/c1-13-12-16(15-8-4-9-17(24-2)18(15)22-13)20-10-5-11-21-19(23)14-6-3-7-14/h4,8-9,12,14H,3,5-7,10-11H2,1-2H3,(H,20,22)(H,21,23). The molecule has 2 N–H and O–H groups in total. The van der Waals surface area contributed by atoms with Gasteiger partial charge >= 0.3 is 0 Å². The number of ether oxygens (including phenoxy) is 1. The molecule has 24 heavy (non-hydrogen) atoms. The summed E-state index contributed by atoms with van der Waals surface area (Å²) in [5.74, 6) is 1.26. The van der Waals surface area contributed by atoms with Crippen LogP contribution in [0, 0.1) is 12.8 Å². The number of hydrogen-bond donors (Lipinski definition) is 2. The van der Waals surface area contributed by atoms with Crippen LogP contribution < -0.4 is 15.4 Å². The number of amides is 1. The number of nitrogens with one attached hydrogen (secondary N) is 2. The van der Waals surface area contributed by atoms with E-state index in [2.05, 4.69) is 21.7 Å². The van der Waals surface area contributed by atoms with Gasteiger partial charge in [0, 0.05) is 35.8 Å². The van der Waals surface area contributed by atoms with Gasteiger partial charge in [-0.2, -0.15) is 0 Å². The number of aryl methyl sites for hydroxylation is 1. The number of pyridine rings is 1. The number of carbonyl (C=O) groups excluding carboxylic acids is 1. The molecule has 1 amide bonds. The summed E-state index contributed by atoms with van der Waals surface area (Å²) in [4.78, 5) is 16.4. The Morgan fingerprint density at radius 2 is 2.17 bits per heavy atom. The Balaban J connectivity index is 1.57. The molecule has 5 nitrogen and oxygen atoms in total. The summed E-state index contributed by atoms with van der Waals surface area (Å²) in [6, 6.07) is 8.00. The minimum absolute atomic E-state index is 0.219. The lowest BCUT2D eigenvalue weighted by atomic mass is 9.85. The molecule has 1 fully saturated rings. The number of para-hydroxylation sites is 1. The fraction of sp³-hybridized carbons (Fsp3) is 0.474. The summed E-state index contributed by atoms with van der Waals surface area (Å²) in [5.41, 5.74) is 2.88. The lowest BCUT2D eigenvalue weighted by Crippen LogP contribution is -2.35. The zero-order valence-corrected chi connectivity index (χ0v) is 14.4. The van der Waals surface area contributed by atoms with Crippen LogP contribution in [-0.2, 0) is 4.79 Å². The van der Waals surface area contributed by atoms with E-state index in [-0.39, 0.29) is 11.8 Å². The highest BCUT2D eigenvalue weighted by Crippen LogP contribution is 2.29. The highest BCUT2D eigenvalue weighted by molar-refractivity contribution is 5.95. The molecular weight excluding hydrogens is 302 g/mol. The Labute approximate surface area is 142 Å². The summed E-state index contributed by atoms with van der Waals surface area (Å²) in [6.07, 6.45) is 4.19. The van der Waals surface area contributed by atoms with Gasteiger partial charge in [-0.3, -0.25) is 4.79 Å². The maximum absolute atomic E-state index is 11.8. The molecule has 1 saturated carbocycles. The average Bonchev–Trinajstić information content (AvgIpc) is 2.52. The molecule has 1 aromatic heterocycles. The van der Waals surface area contributed by atoms with E-state index in [1.54, 1.807) is 7.11 Å². The van der Waals surface area contributed by atoms with Crippen LogP contribution in [0.25, 0.3) is 10.9 Å². The van der Waals surface area contributed by atoms with Crippen molar-refractivity contribution in [2.24, 2.45) is 5.92 Å². The van der Waals surface area contributed by atoms with Gasteiger partial charge in [0.05, 0.1) is 7.11 Å². The number of fused-ring (bicyclic) bond motifs is 1. The van der Waals surface area contributed by atoms with Crippen LogP contribution in [0.4, 0.5) is 5.69 Å². The molecule has 1 aliphatic carbocycles. The molecule has 1 heterocycles. The largest absolute Gasteiger partial charge is 0.494 e. The molecule has 0 bridgehead atoms. The van der Waals surface area contributed by atoms with E-state index in [9.17, 15) is 4.79 Å². The SMILES string of the molecule is COc1cccc2c(NCCCNC(=O)C3CCC3)cc(C)nc12. The van der Waals surface area contributed by atoms with E-state index in [0.29, 0.717) is 6.54 Å². The zero-order valence-electron chi connectivity index (χ0n) is 14.4. The van der Waals surface area contributed by atoms with E-state index in [0.717, 1.165) is 53.8 Å². The highest BCUT2D eigenvalue weighted by atomic mass is 16.5. The third kappa shape index (κ3) is 3.61. The Kier molecular flexibility index (Phi) is 5.18. The first-order valence-electron chi connectivity index (χ1n) is 8.65. The van der Waals surface area contributed by atoms with E-state index < -0.39 is 0 Å². The second-order valence-electron chi connectivity index (χ2n) is 6.37. The lowest BCUT2D eigenvalue weighted by molar-refractivity contribution is -0.127. The fourth-order valence-corrected chi connectivity index (χ4v) is 3.00. The lowest BCUT2D eigenvalue weighted by Gasteiger charge is -2.24. The van der Waals surface area contributed by atoms with E-state index in [1.165, 1.54) is 6.42 Å². The van der Waals surface area contributed by atoms with Gasteiger partial charge in [0.2, 0.25) is 5.91 Å². The van der Waals surface area contributed by atoms with Gasteiger partial charge in [-0.15, -0.1) is 0 Å². The van der Waals surface area contributed by atoms with Crippen LogP contribution in [0.3, 0.4) is 0 Å². The van der Waals surface area contributed by atoms with Gasteiger partial charge in [0.1, 0.15) is 11.3 Å². The zero-order chi connectivity index (χ0) is 16.9. The highest BCUT2D eigenvalue weighted by Gasteiger charge is 2.24. The molecule has 1 aromatic carbocycles. The minimum atomic E-state index is 0.219. The molecule has 0 radical (unpaired) electrons. The van der Waals surface area contributed by atoms with Crippen molar-refractivity contribution in [3.8, 4) is 5.75 Å². The topological polar surface area (TPSA) is 63.2 Å². The van der Waals surface area contributed by atoms with E-state index in [4.69, 9.17) is 4.74 Å². The summed E-state index contributed by atoms with van der Waals surface area (Å²) < 4.78 is 5.41. The number of benzene rings is 1. The normalized spacial score (nSPS) is 14.2. The van der Waals surface area contributed by atoms with Gasteiger partial charge in [-0.1, -0.05) is 18.6 Å². The van der Waals surface area contributed by atoms with Crippen LogP contribution >= 0.6 is 0 Å². The minimum Gasteiger partial charge on any atom is -0.494 e. The summed E-state index contributed by atoms with van der Waals surface area (Å²) >= 11 is 0. The van der Waals surface area contributed by atoms with E-state index >= 15 is 0 Å². The van der Waals surface area contributed by atoms with Crippen molar-refractivity contribution in [3.63, 3.8) is 0 Å². The molecule has 0 aliphatic heterocycles.